The van der Waals surface area contributed by atoms with E-state index in [1.54, 1.807) is 6.92 Å². The number of carbonyl (C=O) groups excluding carboxylic acids is 1. The molecule has 0 bridgehead atoms. The zero-order valence-corrected chi connectivity index (χ0v) is 9.10. The van der Waals surface area contributed by atoms with E-state index in [4.69, 9.17) is 4.74 Å². The van der Waals surface area contributed by atoms with Gasteiger partial charge in [0.1, 0.15) is 0 Å². The van der Waals surface area contributed by atoms with Crippen molar-refractivity contribution in [1.29, 1.82) is 0 Å². The van der Waals surface area contributed by atoms with Crippen molar-refractivity contribution in [2.24, 2.45) is 5.92 Å². The number of carbonyl (C=O) groups is 2. The number of rotatable bonds is 7. The lowest BCUT2D eigenvalue weighted by Gasteiger charge is -2.37. The van der Waals surface area contributed by atoms with Crippen LogP contribution in [0.5, 0.6) is 0 Å². The summed E-state index contributed by atoms with van der Waals surface area (Å²) in [5.41, 5.74) is -1.16. The second-order valence-corrected chi connectivity index (χ2v) is 3.83. The molecular formula is C10H17NO4. The van der Waals surface area contributed by atoms with E-state index >= 15 is 0 Å². The molecule has 1 aliphatic rings. The summed E-state index contributed by atoms with van der Waals surface area (Å²) in [6.07, 6.45) is 2.30. The van der Waals surface area contributed by atoms with Crippen molar-refractivity contribution in [3.8, 4) is 0 Å². The Hall–Kier alpha value is -1.10. The SMILES string of the molecule is CCN(C=O)C(COC)(C(=O)O)C1CC1. The van der Waals surface area contributed by atoms with Crippen LogP contribution in [-0.2, 0) is 14.3 Å². The molecular weight excluding hydrogens is 198 g/mol. The molecule has 5 nitrogen and oxygen atoms in total. The van der Waals surface area contributed by atoms with E-state index < -0.39 is 11.5 Å². The molecule has 0 aromatic heterocycles. The van der Waals surface area contributed by atoms with E-state index in [1.165, 1.54) is 12.0 Å². The first-order valence-electron chi connectivity index (χ1n) is 5.07. The number of ether oxygens (including phenoxy) is 1. The summed E-state index contributed by atoms with van der Waals surface area (Å²) in [5, 5.41) is 9.32. The maximum absolute atomic E-state index is 11.4. The summed E-state index contributed by atoms with van der Waals surface area (Å²) in [5.74, 6) is -0.944. The van der Waals surface area contributed by atoms with Gasteiger partial charge in [0.2, 0.25) is 6.41 Å². The maximum Gasteiger partial charge on any atom is 0.332 e. The van der Waals surface area contributed by atoms with Crippen molar-refractivity contribution in [1.82, 2.24) is 4.90 Å². The largest absolute Gasteiger partial charge is 0.479 e. The zero-order chi connectivity index (χ0) is 11.5. The van der Waals surface area contributed by atoms with Crippen LogP contribution in [0.1, 0.15) is 19.8 Å². The maximum atomic E-state index is 11.4. The Labute approximate surface area is 89.0 Å². The third-order valence-electron chi connectivity index (χ3n) is 2.97. The van der Waals surface area contributed by atoms with Crippen LogP contribution in [-0.4, -0.2) is 48.2 Å². The van der Waals surface area contributed by atoms with Gasteiger partial charge in [-0.15, -0.1) is 0 Å². The Kier molecular flexibility index (Phi) is 3.68. The molecule has 1 unspecified atom stereocenters. The monoisotopic (exact) mass is 215 g/mol. The minimum atomic E-state index is -1.16. The molecule has 0 aromatic rings. The van der Waals surface area contributed by atoms with Gasteiger partial charge in [-0.1, -0.05) is 0 Å². The third kappa shape index (κ3) is 1.97. The molecule has 1 atom stereocenters. The summed E-state index contributed by atoms with van der Waals surface area (Å²) >= 11 is 0. The predicted octanol–water partition coefficient (Wildman–Crippen LogP) is 0.344. The molecule has 1 N–H and O–H groups in total. The molecule has 1 fully saturated rings. The molecule has 0 saturated heterocycles. The fourth-order valence-corrected chi connectivity index (χ4v) is 2.03. The molecule has 0 heterocycles. The van der Waals surface area contributed by atoms with Crippen molar-refractivity contribution in [2.75, 3.05) is 20.3 Å². The van der Waals surface area contributed by atoms with Crippen molar-refractivity contribution in [2.45, 2.75) is 25.3 Å². The van der Waals surface area contributed by atoms with E-state index in [9.17, 15) is 14.7 Å². The normalized spacial score (nSPS) is 19.3. The summed E-state index contributed by atoms with van der Waals surface area (Å²) in [6, 6.07) is 0. The minimum absolute atomic E-state index is 0.0279. The number of hydrogen-bond donors (Lipinski definition) is 1. The second kappa shape index (κ2) is 4.61. The first kappa shape index (κ1) is 12.0. The molecule has 0 aromatic carbocycles. The van der Waals surface area contributed by atoms with Gasteiger partial charge in [0, 0.05) is 13.7 Å². The van der Waals surface area contributed by atoms with Crippen LogP contribution < -0.4 is 0 Å². The second-order valence-electron chi connectivity index (χ2n) is 3.83. The third-order valence-corrected chi connectivity index (χ3v) is 2.97. The van der Waals surface area contributed by atoms with Crippen LogP contribution in [0.2, 0.25) is 0 Å². The van der Waals surface area contributed by atoms with E-state index in [-0.39, 0.29) is 12.5 Å². The summed E-state index contributed by atoms with van der Waals surface area (Å²) < 4.78 is 4.97. The first-order chi connectivity index (χ1) is 7.13. The Morgan fingerprint density at radius 1 is 1.67 bits per heavy atom. The van der Waals surface area contributed by atoms with Gasteiger partial charge < -0.3 is 14.7 Å². The van der Waals surface area contributed by atoms with E-state index in [0.717, 1.165) is 12.8 Å². The number of hydrogen-bond acceptors (Lipinski definition) is 3. The predicted molar refractivity (Wildman–Crippen MR) is 53.4 cm³/mol. The van der Waals surface area contributed by atoms with Crippen LogP contribution >= 0.6 is 0 Å². The van der Waals surface area contributed by atoms with Gasteiger partial charge in [0.05, 0.1) is 6.61 Å². The number of amides is 1. The van der Waals surface area contributed by atoms with Crippen LogP contribution in [0.4, 0.5) is 0 Å². The lowest BCUT2D eigenvalue weighted by Crippen LogP contribution is -2.59. The smallest absolute Gasteiger partial charge is 0.332 e. The van der Waals surface area contributed by atoms with Crippen LogP contribution in [0.15, 0.2) is 0 Å². The number of likely N-dealkylation sites (N-methyl/N-ethyl adjacent to an activating group) is 1. The van der Waals surface area contributed by atoms with Crippen molar-refractivity contribution in [3.05, 3.63) is 0 Å². The quantitative estimate of drug-likeness (QED) is 0.622. The van der Waals surface area contributed by atoms with Crippen LogP contribution in [0.3, 0.4) is 0 Å². The van der Waals surface area contributed by atoms with Gasteiger partial charge in [-0.2, -0.15) is 0 Å². The molecule has 1 aliphatic carbocycles. The zero-order valence-electron chi connectivity index (χ0n) is 9.10. The van der Waals surface area contributed by atoms with Gasteiger partial charge in [0.15, 0.2) is 5.54 Å². The summed E-state index contributed by atoms with van der Waals surface area (Å²) in [4.78, 5) is 23.6. The molecule has 86 valence electrons. The van der Waals surface area contributed by atoms with Crippen molar-refractivity contribution >= 4 is 12.4 Å². The number of aliphatic carboxylic acids is 1. The topological polar surface area (TPSA) is 66.8 Å². The number of nitrogens with zero attached hydrogens (tertiary/aromatic N) is 1. The average molecular weight is 215 g/mol. The lowest BCUT2D eigenvalue weighted by atomic mass is 9.92. The van der Waals surface area contributed by atoms with Gasteiger partial charge in [0.25, 0.3) is 0 Å². The average Bonchev–Trinajstić information content (AvgIpc) is 3.01. The molecule has 1 rings (SSSR count). The van der Waals surface area contributed by atoms with Crippen LogP contribution in [0, 0.1) is 5.92 Å². The van der Waals surface area contributed by atoms with Crippen LogP contribution in [0.25, 0.3) is 0 Å². The van der Waals surface area contributed by atoms with Crippen molar-refractivity contribution in [3.63, 3.8) is 0 Å². The van der Waals surface area contributed by atoms with Gasteiger partial charge >= 0.3 is 5.97 Å². The first-order valence-corrected chi connectivity index (χ1v) is 5.07. The fourth-order valence-electron chi connectivity index (χ4n) is 2.03. The molecule has 5 heteroatoms. The molecule has 0 aliphatic heterocycles. The highest BCUT2D eigenvalue weighted by molar-refractivity contribution is 5.82. The summed E-state index contributed by atoms with van der Waals surface area (Å²) in [7, 11) is 1.46. The molecule has 15 heavy (non-hydrogen) atoms. The minimum Gasteiger partial charge on any atom is -0.479 e. The van der Waals surface area contributed by atoms with Gasteiger partial charge in [-0.05, 0) is 25.7 Å². The molecule has 0 spiro atoms. The van der Waals surface area contributed by atoms with Crippen molar-refractivity contribution < 1.29 is 19.4 Å². The molecule has 1 amide bonds. The highest BCUT2D eigenvalue weighted by Crippen LogP contribution is 2.43. The standard InChI is InChI=1S/C10H17NO4/c1-3-11(7-12)10(6-15-2,9(13)14)8-4-5-8/h7-8H,3-6H2,1-2H3,(H,13,14). The number of carboxylic acid groups (broad SMARTS) is 1. The fraction of sp³-hybridized carbons (Fsp3) is 0.800. The number of methoxy groups -OCH3 is 1. The Bertz CT molecular complexity index is 252. The van der Waals surface area contributed by atoms with Gasteiger partial charge in [-0.25, -0.2) is 4.79 Å². The van der Waals surface area contributed by atoms with E-state index in [1.807, 2.05) is 0 Å². The number of carboxylic acids is 1. The lowest BCUT2D eigenvalue weighted by molar-refractivity contribution is -0.161. The summed E-state index contributed by atoms with van der Waals surface area (Å²) in [6.45, 7) is 2.21. The van der Waals surface area contributed by atoms with Gasteiger partial charge in [-0.3, -0.25) is 4.79 Å². The molecule has 1 saturated carbocycles. The highest BCUT2D eigenvalue weighted by atomic mass is 16.5. The highest BCUT2D eigenvalue weighted by Gasteiger charge is 2.54. The van der Waals surface area contributed by atoms with E-state index in [2.05, 4.69) is 0 Å². The molecule has 0 radical (unpaired) electrons. The Balaban J connectivity index is 2.99. The Morgan fingerprint density at radius 3 is 2.53 bits per heavy atom. The Morgan fingerprint density at radius 2 is 2.27 bits per heavy atom. The van der Waals surface area contributed by atoms with E-state index in [0.29, 0.717) is 13.0 Å².